The van der Waals surface area contributed by atoms with Crippen LogP contribution in [0.4, 0.5) is 0 Å². The van der Waals surface area contributed by atoms with Crippen LogP contribution in [-0.4, -0.2) is 104 Å². The number of aryl methyl sites for hydroxylation is 1. The van der Waals surface area contributed by atoms with E-state index in [4.69, 9.17) is 18.3 Å². The summed E-state index contributed by atoms with van der Waals surface area (Å²) in [6.45, 7) is 8.76. The predicted octanol–water partition coefficient (Wildman–Crippen LogP) is 3.73. The second kappa shape index (κ2) is 18.0. The van der Waals surface area contributed by atoms with Gasteiger partial charge in [0.05, 0.1) is 30.8 Å². The number of aliphatic hydroxyl groups excluding tert-OH is 2. The van der Waals surface area contributed by atoms with Gasteiger partial charge in [0.2, 0.25) is 0 Å². The zero-order chi connectivity index (χ0) is 39.3. The summed E-state index contributed by atoms with van der Waals surface area (Å²) in [5, 5.41) is 21.5. The topological polar surface area (TPSA) is 284 Å². The molecule has 7 atom stereocenters. The van der Waals surface area contributed by atoms with Gasteiger partial charge in [0.25, 0.3) is 0 Å². The van der Waals surface area contributed by atoms with Crippen molar-refractivity contribution in [1.82, 2.24) is 14.5 Å². The Morgan fingerprint density at radius 1 is 1.00 bits per heavy atom. The highest BCUT2D eigenvalue weighted by molar-refractivity contribution is 8.00. The Morgan fingerprint density at radius 2 is 1.63 bits per heavy atom. The van der Waals surface area contributed by atoms with E-state index in [0.29, 0.717) is 29.6 Å². The van der Waals surface area contributed by atoms with Gasteiger partial charge >= 0.3 is 23.5 Å². The van der Waals surface area contributed by atoms with E-state index < -0.39 is 78.5 Å². The SMILES string of the molecule is Cc1nccc2c1ncn2C1OC(COP(=O)(O)OP(=O)(O)OCC(C)(C)C(O)C(=O)CCCC(=O)CCCSC(C)(C)C)C(OP(=O)(O)O)C1O. The fourth-order valence-electron chi connectivity index (χ4n) is 5.15. The van der Waals surface area contributed by atoms with E-state index in [0.717, 1.165) is 5.75 Å². The Hall–Kier alpha value is -1.44. The third-order valence-corrected chi connectivity index (χ3v) is 12.2. The summed E-state index contributed by atoms with van der Waals surface area (Å²) < 4.78 is 62.7. The molecule has 3 heterocycles. The number of imidazole rings is 1. The number of carbonyl (C=O) groups is 2. The molecule has 52 heavy (non-hydrogen) atoms. The van der Waals surface area contributed by atoms with Gasteiger partial charge < -0.3 is 39.1 Å². The Balaban J connectivity index is 1.54. The number of hydrogen-bond donors (Lipinski definition) is 6. The highest BCUT2D eigenvalue weighted by atomic mass is 32.2. The lowest BCUT2D eigenvalue weighted by atomic mass is 9.84. The molecule has 2 aromatic heterocycles. The van der Waals surface area contributed by atoms with Gasteiger partial charge in [0.1, 0.15) is 35.7 Å². The zero-order valence-electron chi connectivity index (χ0n) is 29.6. The first-order valence-electron chi connectivity index (χ1n) is 16.2. The third kappa shape index (κ3) is 13.7. The van der Waals surface area contributed by atoms with Crippen LogP contribution in [0.1, 0.15) is 78.6 Å². The van der Waals surface area contributed by atoms with E-state index >= 15 is 0 Å². The molecule has 6 N–H and O–H groups in total. The number of phosphoric ester groups is 3. The maximum absolute atomic E-state index is 12.7. The monoisotopic (exact) mass is 819 g/mol. The Labute approximate surface area is 305 Å². The molecule has 1 aliphatic rings. The number of carbonyl (C=O) groups excluding carboxylic acids is 2. The minimum absolute atomic E-state index is 0.00611. The maximum atomic E-state index is 12.7. The Kier molecular flexibility index (Phi) is 15.6. The zero-order valence-corrected chi connectivity index (χ0v) is 33.1. The molecule has 3 rings (SSSR count). The number of ether oxygens (including phenoxy) is 1. The van der Waals surface area contributed by atoms with Crippen molar-refractivity contribution in [2.45, 2.75) is 109 Å². The highest BCUT2D eigenvalue weighted by Gasteiger charge is 2.50. The second-order valence-electron chi connectivity index (χ2n) is 13.9. The van der Waals surface area contributed by atoms with Crippen LogP contribution < -0.4 is 0 Å². The van der Waals surface area contributed by atoms with Crippen LogP contribution in [0.5, 0.6) is 0 Å². The molecule has 0 radical (unpaired) electrons. The number of thioether (sulfide) groups is 1. The number of rotatable bonds is 21. The molecule has 1 saturated heterocycles. The summed E-state index contributed by atoms with van der Waals surface area (Å²) in [5.41, 5.74) is -0.106. The molecule has 0 saturated carbocycles. The fourth-order valence-corrected chi connectivity index (χ4v) is 8.88. The lowest BCUT2D eigenvalue weighted by molar-refractivity contribution is -0.134. The average molecular weight is 820 g/mol. The van der Waals surface area contributed by atoms with Crippen molar-refractivity contribution < 1.29 is 75.7 Å². The van der Waals surface area contributed by atoms with Gasteiger partial charge in [-0.2, -0.15) is 16.1 Å². The molecule has 1 fully saturated rings. The summed E-state index contributed by atoms with van der Waals surface area (Å²) in [6.07, 6.45) is -4.31. The lowest BCUT2D eigenvalue weighted by Gasteiger charge is -2.30. The first-order chi connectivity index (χ1) is 23.8. The van der Waals surface area contributed by atoms with Crippen LogP contribution in [0.15, 0.2) is 18.6 Å². The average Bonchev–Trinajstić information content (AvgIpc) is 3.56. The first kappa shape index (κ1) is 45.0. The van der Waals surface area contributed by atoms with Crippen molar-refractivity contribution in [3.05, 3.63) is 24.3 Å². The van der Waals surface area contributed by atoms with Crippen LogP contribution >= 0.6 is 35.2 Å². The van der Waals surface area contributed by atoms with Crippen molar-refractivity contribution in [3.63, 3.8) is 0 Å². The summed E-state index contributed by atoms with van der Waals surface area (Å²) in [4.78, 5) is 72.4. The van der Waals surface area contributed by atoms with Crippen LogP contribution in [0.2, 0.25) is 0 Å². The standard InChI is InChI=1S/C29H48N3O16P3S/c1-18-23-20(12-13-30-18)32(17-31-23)27-24(35)25(47-49(37,38)39)22(46-27)15-44-50(40,41)48-51(42,43)45-16-29(5,6)26(36)21(34)11-7-9-19(33)10-8-14-52-28(2,3)4/h12-13,17,22,24-27,35-36H,7-11,14-16H2,1-6H3,(H,40,41)(H,42,43)(H2,37,38,39). The van der Waals surface area contributed by atoms with Crippen molar-refractivity contribution >= 4 is 57.8 Å². The number of aromatic nitrogens is 3. The van der Waals surface area contributed by atoms with E-state index in [-0.39, 0.29) is 29.8 Å². The number of ketones is 2. The lowest BCUT2D eigenvalue weighted by Crippen LogP contribution is -2.39. The smallest absolute Gasteiger partial charge is 0.386 e. The largest absolute Gasteiger partial charge is 0.481 e. The van der Waals surface area contributed by atoms with Crippen LogP contribution in [0, 0.1) is 12.3 Å². The molecule has 0 bridgehead atoms. The van der Waals surface area contributed by atoms with E-state index in [9.17, 15) is 53.1 Å². The Morgan fingerprint density at radius 3 is 2.27 bits per heavy atom. The summed E-state index contributed by atoms with van der Waals surface area (Å²) in [6, 6.07) is 1.54. The summed E-state index contributed by atoms with van der Waals surface area (Å²) >= 11 is 1.75. The number of phosphoric acid groups is 3. The van der Waals surface area contributed by atoms with E-state index in [1.807, 2.05) is 0 Å². The van der Waals surface area contributed by atoms with E-state index in [1.165, 1.54) is 37.0 Å². The molecule has 0 aliphatic carbocycles. The maximum Gasteiger partial charge on any atom is 0.481 e. The molecule has 23 heteroatoms. The molecule has 7 unspecified atom stereocenters. The molecule has 19 nitrogen and oxygen atoms in total. The molecular weight excluding hydrogens is 771 g/mol. The van der Waals surface area contributed by atoms with Crippen LogP contribution in [-0.2, 0) is 45.9 Å². The number of hydrogen-bond acceptors (Lipinski definition) is 15. The molecule has 296 valence electrons. The van der Waals surface area contributed by atoms with Gasteiger partial charge in [0, 0.05) is 35.6 Å². The number of nitrogens with zero attached hydrogens (tertiary/aromatic N) is 3. The molecule has 1 aliphatic heterocycles. The van der Waals surface area contributed by atoms with E-state index in [1.54, 1.807) is 18.7 Å². The van der Waals surface area contributed by atoms with Gasteiger partial charge in [0.15, 0.2) is 12.0 Å². The predicted molar refractivity (Wildman–Crippen MR) is 187 cm³/mol. The number of Topliss-reactive ketones (excluding diaryl/α,β-unsaturated/α-hetero) is 2. The summed E-state index contributed by atoms with van der Waals surface area (Å²) in [5.74, 6) is 0.178. The first-order valence-corrected chi connectivity index (χ1v) is 21.7. The minimum atomic E-state index is -5.50. The van der Waals surface area contributed by atoms with E-state index in [2.05, 4.69) is 35.0 Å². The van der Waals surface area contributed by atoms with Crippen molar-refractivity contribution in [2.24, 2.45) is 5.41 Å². The van der Waals surface area contributed by atoms with Gasteiger partial charge in [-0.25, -0.2) is 18.7 Å². The molecular formula is C29H48N3O16P3S. The number of pyridine rings is 1. The van der Waals surface area contributed by atoms with Crippen LogP contribution in [0.25, 0.3) is 11.0 Å². The van der Waals surface area contributed by atoms with Gasteiger partial charge in [-0.3, -0.25) is 28.1 Å². The molecule has 0 amide bonds. The van der Waals surface area contributed by atoms with Crippen molar-refractivity contribution in [1.29, 1.82) is 0 Å². The second-order valence-corrected chi connectivity index (χ2v) is 20.1. The van der Waals surface area contributed by atoms with Gasteiger partial charge in [-0.05, 0) is 31.6 Å². The minimum Gasteiger partial charge on any atom is -0.386 e. The molecule has 0 spiro atoms. The van der Waals surface area contributed by atoms with Gasteiger partial charge in [-0.15, -0.1) is 0 Å². The quantitative estimate of drug-likeness (QED) is 0.0773. The number of aliphatic hydroxyl groups is 2. The molecule has 2 aromatic rings. The Bertz CT molecular complexity index is 1700. The highest BCUT2D eigenvalue weighted by Crippen LogP contribution is 2.61. The fraction of sp³-hybridized carbons (Fsp3) is 0.724. The normalized spacial score (nSPS) is 23.0. The molecule has 0 aromatic carbocycles. The number of fused-ring (bicyclic) bond motifs is 1. The van der Waals surface area contributed by atoms with Gasteiger partial charge in [-0.1, -0.05) is 34.6 Å². The van der Waals surface area contributed by atoms with Crippen LogP contribution in [0.3, 0.4) is 0 Å². The third-order valence-electron chi connectivity index (χ3n) is 7.78. The van der Waals surface area contributed by atoms with Crippen molar-refractivity contribution in [2.75, 3.05) is 19.0 Å². The summed E-state index contributed by atoms with van der Waals surface area (Å²) in [7, 11) is -16.2. The van der Waals surface area contributed by atoms with Crippen molar-refractivity contribution in [3.8, 4) is 0 Å².